The van der Waals surface area contributed by atoms with Crippen molar-refractivity contribution in [1.82, 2.24) is 30.2 Å². The van der Waals surface area contributed by atoms with E-state index in [1.54, 1.807) is 23.4 Å². The summed E-state index contributed by atoms with van der Waals surface area (Å²) in [6.45, 7) is 5.45. The third-order valence-corrected chi connectivity index (χ3v) is 4.36. The first-order valence-corrected chi connectivity index (χ1v) is 8.19. The average molecular weight is 333 g/mol. The van der Waals surface area contributed by atoms with Crippen LogP contribution in [-0.2, 0) is 9.59 Å². The molecule has 9 heteroatoms. The Morgan fingerprint density at radius 3 is 2.21 bits per heavy atom. The van der Waals surface area contributed by atoms with Crippen molar-refractivity contribution in [1.29, 1.82) is 0 Å². The van der Waals surface area contributed by atoms with E-state index in [2.05, 4.69) is 20.3 Å². The molecule has 2 amide bonds. The minimum Gasteiger partial charge on any atom is -0.337 e. The number of amides is 2. The summed E-state index contributed by atoms with van der Waals surface area (Å²) in [5, 5.41) is 1.81. The summed E-state index contributed by atoms with van der Waals surface area (Å²) in [7, 11) is 2.04. The number of piperazine rings is 2. The number of nitrogens with one attached hydrogen (secondary N) is 1. The molecular weight excluding hydrogens is 310 g/mol. The second kappa shape index (κ2) is 7.54. The molecule has 130 valence electrons. The fraction of sp³-hybridized carbons (Fsp3) is 0.600. The number of nitrogens with zero attached hydrogens (tertiary/aromatic N) is 6. The second-order valence-electron chi connectivity index (χ2n) is 6.06. The molecule has 3 rings (SSSR count). The van der Waals surface area contributed by atoms with E-state index < -0.39 is 11.8 Å². The highest BCUT2D eigenvalue weighted by molar-refractivity contribution is 6.34. The minimum absolute atomic E-state index is 0.470. The molecule has 0 atom stereocenters. The van der Waals surface area contributed by atoms with Crippen molar-refractivity contribution in [2.45, 2.75) is 0 Å². The van der Waals surface area contributed by atoms with E-state index in [9.17, 15) is 9.59 Å². The smallest absolute Gasteiger partial charge is 0.323 e. The van der Waals surface area contributed by atoms with Gasteiger partial charge in [0.2, 0.25) is 5.95 Å². The Kier molecular flexibility index (Phi) is 5.21. The van der Waals surface area contributed by atoms with Crippen LogP contribution >= 0.6 is 0 Å². The summed E-state index contributed by atoms with van der Waals surface area (Å²) in [6.07, 6.45) is 3.40. The molecule has 0 unspecified atom stereocenters. The molecule has 9 nitrogen and oxygen atoms in total. The van der Waals surface area contributed by atoms with Crippen LogP contribution in [0.2, 0.25) is 0 Å². The van der Waals surface area contributed by atoms with Crippen molar-refractivity contribution in [3.05, 3.63) is 18.5 Å². The Hall–Kier alpha value is -2.26. The fourth-order valence-corrected chi connectivity index (χ4v) is 2.82. The molecule has 0 aromatic carbocycles. The first-order valence-electron chi connectivity index (χ1n) is 8.19. The molecule has 1 aromatic heterocycles. The van der Waals surface area contributed by atoms with Crippen molar-refractivity contribution < 1.29 is 9.59 Å². The standard InChI is InChI=1S/C15H23N7O2/c1-19-5-11-22(12-6-19)18-13(23)14(24)20-7-9-21(10-8-20)15-16-3-2-4-17-15/h2-4H,5-12H2,1H3,(H,18,23). The van der Waals surface area contributed by atoms with Gasteiger partial charge in [0.25, 0.3) is 0 Å². The molecule has 24 heavy (non-hydrogen) atoms. The van der Waals surface area contributed by atoms with E-state index in [1.165, 1.54) is 0 Å². The van der Waals surface area contributed by atoms with E-state index in [0.717, 1.165) is 26.2 Å². The molecular formula is C15H23N7O2. The van der Waals surface area contributed by atoms with Crippen LogP contribution in [0.5, 0.6) is 0 Å². The first-order chi connectivity index (χ1) is 11.6. The predicted octanol–water partition coefficient (Wildman–Crippen LogP) is -1.60. The average Bonchev–Trinajstić information content (AvgIpc) is 2.64. The Balaban J connectivity index is 1.47. The third kappa shape index (κ3) is 3.98. The molecule has 2 aliphatic rings. The Bertz CT molecular complexity index is 566. The molecule has 3 heterocycles. The summed E-state index contributed by atoms with van der Waals surface area (Å²) >= 11 is 0. The van der Waals surface area contributed by atoms with E-state index in [4.69, 9.17) is 0 Å². The molecule has 2 saturated heterocycles. The topological polar surface area (TPSA) is 84.9 Å². The molecule has 0 saturated carbocycles. The SMILES string of the molecule is CN1CCN(NC(=O)C(=O)N2CCN(c3ncccn3)CC2)CC1. The van der Waals surface area contributed by atoms with Crippen molar-refractivity contribution in [2.24, 2.45) is 0 Å². The summed E-state index contributed by atoms with van der Waals surface area (Å²) in [4.78, 5) is 38.7. The quantitative estimate of drug-likeness (QED) is 0.653. The maximum Gasteiger partial charge on any atom is 0.323 e. The zero-order valence-electron chi connectivity index (χ0n) is 13.9. The van der Waals surface area contributed by atoms with Gasteiger partial charge in [-0.1, -0.05) is 0 Å². The molecule has 2 aliphatic heterocycles. The lowest BCUT2D eigenvalue weighted by atomic mass is 10.3. The van der Waals surface area contributed by atoms with Crippen LogP contribution < -0.4 is 10.3 Å². The number of aromatic nitrogens is 2. The monoisotopic (exact) mass is 333 g/mol. The summed E-state index contributed by atoms with van der Waals surface area (Å²) in [6, 6.07) is 1.77. The lowest BCUT2D eigenvalue weighted by Gasteiger charge is -2.35. The van der Waals surface area contributed by atoms with Crippen LogP contribution in [0, 0.1) is 0 Å². The molecule has 0 bridgehead atoms. The number of carbonyl (C=O) groups excluding carboxylic acids is 2. The van der Waals surface area contributed by atoms with Gasteiger partial charge < -0.3 is 14.7 Å². The lowest BCUT2D eigenvalue weighted by molar-refractivity contribution is -0.149. The highest BCUT2D eigenvalue weighted by atomic mass is 16.2. The Labute approximate surface area is 141 Å². The molecule has 1 N–H and O–H groups in total. The van der Waals surface area contributed by atoms with Gasteiger partial charge in [-0.05, 0) is 13.1 Å². The highest BCUT2D eigenvalue weighted by Crippen LogP contribution is 2.09. The van der Waals surface area contributed by atoms with E-state index in [-0.39, 0.29) is 0 Å². The van der Waals surface area contributed by atoms with Gasteiger partial charge in [0.05, 0.1) is 0 Å². The minimum atomic E-state index is -0.552. The lowest BCUT2D eigenvalue weighted by Crippen LogP contribution is -2.58. The van der Waals surface area contributed by atoms with E-state index in [1.807, 2.05) is 17.0 Å². The molecule has 1 aromatic rings. The van der Waals surface area contributed by atoms with Gasteiger partial charge in [-0.3, -0.25) is 15.0 Å². The van der Waals surface area contributed by atoms with Crippen LogP contribution in [0.4, 0.5) is 5.95 Å². The number of hydrogen-bond acceptors (Lipinski definition) is 7. The van der Waals surface area contributed by atoms with Crippen LogP contribution in [0.25, 0.3) is 0 Å². The highest BCUT2D eigenvalue weighted by Gasteiger charge is 2.28. The van der Waals surface area contributed by atoms with E-state index in [0.29, 0.717) is 32.1 Å². The third-order valence-electron chi connectivity index (χ3n) is 4.36. The van der Waals surface area contributed by atoms with Gasteiger partial charge in [0.15, 0.2) is 0 Å². The van der Waals surface area contributed by atoms with Gasteiger partial charge >= 0.3 is 11.8 Å². The maximum atomic E-state index is 12.3. The van der Waals surface area contributed by atoms with Crippen LogP contribution in [-0.4, -0.2) is 96.0 Å². The fourth-order valence-electron chi connectivity index (χ4n) is 2.82. The number of hydrazine groups is 1. The van der Waals surface area contributed by atoms with Crippen molar-refractivity contribution in [3.63, 3.8) is 0 Å². The normalized spacial score (nSPS) is 20.0. The van der Waals surface area contributed by atoms with Gasteiger partial charge in [0, 0.05) is 64.8 Å². The van der Waals surface area contributed by atoms with Gasteiger partial charge in [-0.2, -0.15) is 0 Å². The maximum absolute atomic E-state index is 12.3. The van der Waals surface area contributed by atoms with Crippen molar-refractivity contribution >= 4 is 17.8 Å². The first kappa shape index (κ1) is 16.6. The van der Waals surface area contributed by atoms with E-state index >= 15 is 0 Å². The van der Waals surface area contributed by atoms with Crippen LogP contribution in [0.15, 0.2) is 18.5 Å². The summed E-state index contributed by atoms with van der Waals surface area (Å²) in [5.41, 5.74) is 2.72. The number of carbonyl (C=O) groups is 2. The zero-order valence-corrected chi connectivity index (χ0v) is 13.9. The molecule has 0 aliphatic carbocycles. The predicted molar refractivity (Wildman–Crippen MR) is 88.0 cm³/mol. The van der Waals surface area contributed by atoms with Crippen LogP contribution in [0.1, 0.15) is 0 Å². The van der Waals surface area contributed by atoms with Gasteiger partial charge in [0.1, 0.15) is 0 Å². The number of hydrogen-bond donors (Lipinski definition) is 1. The number of likely N-dealkylation sites (N-methyl/N-ethyl adjacent to an activating group) is 1. The number of anilines is 1. The Morgan fingerprint density at radius 1 is 0.958 bits per heavy atom. The zero-order chi connectivity index (χ0) is 16.9. The van der Waals surface area contributed by atoms with Crippen molar-refractivity contribution in [2.75, 3.05) is 64.3 Å². The largest absolute Gasteiger partial charge is 0.337 e. The Morgan fingerprint density at radius 2 is 1.58 bits per heavy atom. The molecule has 2 fully saturated rings. The van der Waals surface area contributed by atoms with Gasteiger partial charge in [-0.25, -0.2) is 15.0 Å². The van der Waals surface area contributed by atoms with Crippen molar-refractivity contribution in [3.8, 4) is 0 Å². The number of rotatable bonds is 2. The molecule has 0 radical (unpaired) electrons. The van der Waals surface area contributed by atoms with Gasteiger partial charge in [-0.15, -0.1) is 0 Å². The summed E-state index contributed by atoms with van der Waals surface area (Å²) < 4.78 is 0. The summed E-state index contributed by atoms with van der Waals surface area (Å²) in [5.74, 6) is -0.363. The van der Waals surface area contributed by atoms with Crippen LogP contribution in [0.3, 0.4) is 0 Å². The molecule has 0 spiro atoms. The second-order valence-corrected chi connectivity index (χ2v) is 6.06.